The Labute approximate surface area is 200 Å². The number of hydrogen-bond donors (Lipinski definition) is 2. The predicted octanol–water partition coefficient (Wildman–Crippen LogP) is 2.42. The van der Waals surface area contributed by atoms with Gasteiger partial charge in [-0.15, -0.1) is 0 Å². The van der Waals surface area contributed by atoms with E-state index in [0.717, 1.165) is 5.56 Å². The first-order chi connectivity index (χ1) is 16.4. The van der Waals surface area contributed by atoms with Crippen LogP contribution in [-0.4, -0.2) is 69.1 Å². The van der Waals surface area contributed by atoms with E-state index in [1.54, 1.807) is 38.5 Å². The fraction of sp³-hybridized carbons (Fsp3) is 0.423. The number of ether oxygens (including phenoxy) is 2. The first kappa shape index (κ1) is 25.2. The second-order valence-electron chi connectivity index (χ2n) is 8.41. The summed E-state index contributed by atoms with van der Waals surface area (Å²) < 4.78 is 10.2. The van der Waals surface area contributed by atoms with Crippen LogP contribution in [0.1, 0.15) is 39.1 Å². The summed E-state index contributed by atoms with van der Waals surface area (Å²) in [4.78, 5) is 40.7. The maximum absolute atomic E-state index is 13.0. The molecule has 0 bridgehead atoms. The third-order valence-electron chi connectivity index (χ3n) is 6.20. The van der Waals surface area contributed by atoms with Crippen molar-refractivity contribution in [2.45, 2.75) is 25.8 Å². The van der Waals surface area contributed by atoms with Crippen LogP contribution in [0, 0.1) is 12.8 Å². The number of piperidine rings is 1. The van der Waals surface area contributed by atoms with Gasteiger partial charge in [0.15, 0.2) is 0 Å². The van der Waals surface area contributed by atoms with Crippen molar-refractivity contribution in [1.29, 1.82) is 0 Å². The Kier molecular flexibility index (Phi) is 9.04. The predicted molar refractivity (Wildman–Crippen MR) is 129 cm³/mol. The van der Waals surface area contributed by atoms with E-state index in [0.29, 0.717) is 56.0 Å². The molecule has 0 spiro atoms. The lowest BCUT2D eigenvalue weighted by Gasteiger charge is -2.36. The molecule has 8 heteroatoms. The Morgan fingerprint density at radius 3 is 2.32 bits per heavy atom. The number of methoxy groups -OCH3 is 2. The molecule has 3 rings (SSSR count). The lowest BCUT2D eigenvalue weighted by molar-refractivity contribution is -0.124. The normalized spacial score (nSPS) is 14.9. The Balaban J connectivity index is 1.68. The van der Waals surface area contributed by atoms with Gasteiger partial charge in [0.2, 0.25) is 5.91 Å². The van der Waals surface area contributed by atoms with Crippen molar-refractivity contribution in [2.24, 2.45) is 5.92 Å². The second kappa shape index (κ2) is 12.2. The van der Waals surface area contributed by atoms with Crippen molar-refractivity contribution in [1.82, 2.24) is 15.5 Å². The minimum Gasteiger partial charge on any atom is -0.497 e. The summed E-state index contributed by atoms with van der Waals surface area (Å²) in [6.45, 7) is 3.72. The largest absolute Gasteiger partial charge is 0.497 e. The van der Waals surface area contributed by atoms with Crippen molar-refractivity contribution in [3.63, 3.8) is 0 Å². The van der Waals surface area contributed by atoms with Crippen LogP contribution < -0.4 is 15.4 Å². The van der Waals surface area contributed by atoms with Crippen LogP contribution in [0.4, 0.5) is 0 Å². The molecule has 2 N–H and O–H groups in total. The van der Waals surface area contributed by atoms with E-state index in [2.05, 4.69) is 10.6 Å². The van der Waals surface area contributed by atoms with Gasteiger partial charge < -0.3 is 25.0 Å². The van der Waals surface area contributed by atoms with Gasteiger partial charge in [-0.3, -0.25) is 14.4 Å². The summed E-state index contributed by atoms with van der Waals surface area (Å²) in [5, 5.41) is 5.76. The van der Waals surface area contributed by atoms with Crippen molar-refractivity contribution < 1.29 is 23.9 Å². The first-order valence-electron chi connectivity index (χ1n) is 11.5. The lowest BCUT2D eigenvalue weighted by Crippen LogP contribution is -2.54. The fourth-order valence-corrected chi connectivity index (χ4v) is 4.17. The summed E-state index contributed by atoms with van der Waals surface area (Å²) in [7, 11) is 3.13. The van der Waals surface area contributed by atoms with Gasteiger partial charge in [-0.2, -0.15) is 0 Å². The summed E-state index contributed by atoms with van der Waals surface area (Å²) in [6.07, 6.45) is 1.23. The van der Waals surface area contributed by atoms with Gasteiger partial charge >= 0.3 is 0 Å². The molecule has 2 aromatic rings. The Morgan fingerprint density at radius 2 is 1.71 bits per heavy atom. The zero-order valence-corrected chi connectivity index (χ0v) is 20.0. The summed E-state index contributed by atoms with van der Waals surface area (Å²) in [6, 6.07) is 13.6. The average Bonchev–Trinajstić information content (AvgIpc) is 2.87. The van der Waals surface area contributed by atoms with Gasteiger partial charge in [0.1, 0.15) is 11.8 Å². The molecule has 182 valence electrons. The number of carbonyl (C=O) groups excluding carboxylic acids is 3. The molecule has 0 saturated carbocycles. The maximum atomic E-state index is 13.0. The molecule has 1 fully saturated rings. The zero-order valence-electron chi connectivity index (χ0n) is 20.0. The van der Waals surface area contributed by atoms with Gasteiger partial charge in [-0.25, -0.2) is 0 Å². The molecular formula is C26H33N3O5. The lowest BCUT2D eigenvalue weighted by atomic mass is 9.88. The number of benzene rings is 2. The van der Waals surface area contributed by atoms with Crippen LogP contribution >= 0.6 is 0 Å². The highest BCUT2D eigenvalue weighted by molar-refractivity contribution is 5.98. The summed E-state index contributed by atoms with van der Waals surface area (Å²) >= 11 is 0. The Hall–Kier alpha value is -3.39. The number of rotatable bonds is 9. The van der Waals surface area contributed by atoms with E-state index >= 15 is 0 Å². The fourth-order valence-electron chi connectivity index (χ4n) is 4.17. The third kappa shape index (κ3) is 6.35. The average molecular weight is 468 g/mol. The van der Waals surface area contributed by atoms with Crippen LogP contribution in [0.15, 0.2) is 48.5 Å². The Morgan fingerprint density at radius 1 is 1.03 bits per heavy atom. The molecule has 0 unspecified atom stereocenters. The van der Waals surface area contributed by atoms with Gasteiger partial charge in [-0.05, 0) is 61.6 Å². The van der Waals surface area contributed by atoms with Crippen LogP contribution in [0.3, 0.4) is 0 Å². The van der Waals surface area contributed by atoms with Crippen molar-refractivity contribution >= 4 is 17.7 Å². The molecule has 3 amide bonds. The summed E-state index contributed by atoms with van der Waals surface area (Å²) in [5.74, 6) is -0.0165. The molecule has 8 nitrogen and oxygen atoms in total. The topological polar surface area (TPSA) is 97.0 Å². The minimum atomic E-state index is -0.706. The number of carbonyl (C=O) groups is 3. The van der Waals surface area contributed by atoms with E-state index in [9.17, 15) is 14.4 Å². The Bertz CT molecular complexity index is 984. The molecule has 0 aliphatic carbocycles. The molecule has 2 aromatic carbocycles. The quantitative estimate of drug-likeness (QED) is 0.552. The van der Waals surface area contributed by atoms with E-state index in [4.69, 9.17) is 9.47 Å². The number of nitrogens with one attached hydrogen (secondary N) is 2. The second-order valence-corrected chi connectivity index (χ2v) is 8.41. The number of aryl methyl sites for hydroxylation is 1. The van der Waals surface area contributed by atoms with Gasteiger partial charge in [-0.1, -0.05) is 18.2 Å². The number of nitrogens with zero attached hydrogens (tertiary/aromatic N) is 1. The third-order valence-corrected chi connectivity index (χ3v) is 6.20. The molecule has 0 aromatic heterocycles. The highest BCUT2D eigenvalue weighted by Crippen LogP contribution is 2.24. The number of amides is 3. The molecule has 1 atom stereocenters. The molecule has 1 heterocycles. The minimum absolute atomic E-state index is 0.0000792. The monoisotopic (exact) mass is 467 g/mol. The molecule has 1 aliphatic heterocycles. The highest BCUT2D eigenvalue weighted by Gasteiger charge is 2.34. The number of likely N-dealkylation sites (tertiary alicyclic amines) is 1. The maximum Gasteiger partial charge on any atom is 0.254 e. The molecule has 1 saturated heterocycles. The molecule has 34 heavy (non-hydrogen) atoms. The van der Waals surface area contributed by atoms with Gasteiger partial charge in [0, 0.05) is 37.9 Å². The van der Waals surface area contributed by atoms with E-state index in [1.807, 2.05) is 36.1 Å². The van der Waals surface area contributed by atoms with Crippen LogP contribution in [0.25, 0.3) is 0 Å². The van der Waals surface area contributed by atoms with Crippen LogP contribution in [0.5, 0.6) is 5.75 Å². The molecule has 0 radical (unpaired) electrons. The van der Waals surface area contributed by atoms with E-state index < -0.39 is 6.04 Å². The first-order valence-corrected chi connectivity index (χ1v) is 11.5. The SMILES string of the molecule is COCCNC(=O)[C@@H](NC(=O)c1ccc(OC)cc1)C1CCN(C(=O)c2ccccc2C)CC1. The molecule has 1 aliphatic rings. The van der Waals surface area contributed by atoms with Gasteiger partial charge in [0.25, 0.3) is 11.8 Å². The van der Waals surface area contributed by atoms with Crippen molar-refractivity contribution in [3.8, 4) is 5.75 Å². The highest BCUT2D eigenvalue weighted by atomic mass is 16.5. The van der Waals surface area contributed by atoms with E-state index in [1.165, 1.54) is 0 Å². The zero-order chi connectivity index (χ0) is 24.5. The van der Waals surface area contributed by atoms with Crippen LogP contribution in [0.2, 0.25) is 0 Å². The van der Waals surface area contributed by atoms with Crippen LogP contribution in [-0.2, 0) is 9.53 Å². The van der Waals surface area contributed by atoms with Crippen molar-refractivity contribution in [3.05, 3.63) is 65.2 Å². The smallest absolute Gasteiger partial charge is 0.254 e. The van der Waals surface area contributed by atoms with Crippen molar-refractivity contribution in [2.75, 3.05) is 40.5 Å². The molecular weight excluding hydrogens is 434 g/mol. The van der Waals surface area contributed by atoms with E-state index in [-0.39, 0.29) is 23.6 Å². The number of hydrogen-bond acceptors (Lipinski definition) is 5. The van der Waals surface area contributed by atoms with Gasteiger partial charge in [0.05, 0.1) is 13.7 Å². The summed E-state index contributed by atoms with van der Waals surface area (Å²) in [5.41, 5.74) is 2.09. The standard InChI is InChI=1S/C26H33N3O5/c1-18-6-4-5-7-22(18)26(32)29-15-12-19(13-16-29)23(25(31)27-14-17-33-2)28-24(30)20-8-10-21(34-3)11-9-20/h4-11,19,23H,12-17H2,1-3H3,(H,27,31)(H,28,30)/t23-/m0/s1.